The minimum Gasteiger partial charge on any atom is -0.331 e. The van der Waals surface area contributed by atoms with E-state index in [2.05, 4.69) is 28.5 Å². The fourth-order valence-electron chi connectivity index (χ4n) is 2.09. The van der Waals surface area contributed by atoms with Gasteiger partial charge in [0.15, 0.2) is 4.77 Å². The number of halogens is 1. The molecule has 3 nitrogen and oxygen atoms in total. The van der Waals surface area contributed by atoms with E-state index in [1.165, 1.54) is 0 Å². The van der Waals surface area contributed by atoms with Crippen molar-refractivity contribution in [3.05, 3.63) is 28.0 Å². The number of nitrogens with zero attached hydrogens (tertiary/aromatic N) is 2. The second-order valence-electron chi connectivity index (χ2n) is 4.73. The average Bonchev–Trinajstić information content (AvgIpc) is 2.62. The van der Waals surface area contributed by atoms with Crippen molar-refractivity contribution in [3.8, 4) is 0 Å². The topological polar surface area (TPSA) is 24.0 Å². The molecule has 0 unspecified atom stereocenters. The zero-order valence-electron chi connectivity index (χ0n) is 10.7. The van der Waals surface area contributed by atoms with Crippen LogP contribution in [0.15, 0.2) is 18.2 Å². The van der Waals surface area contributed by atoms with E-state index in [0.29, 0.717) is 0 Å². The van der Waals surface area contributed by atoms with Gasteiger partial charge in [-0.25, -0.2) is 0 Å². The van der Waals surface area contributed by atoms with Crippen molar-refractivity contribution in [3.63, 3.8) is 0 Å². The van der Waals surface area contributed by atoms with Gasteiger partial charge in [0.2, 0.25) is 0 Å². The normalized spacial score (nSPS) is 11.6. The Morgan fingerprint density at radius 2 is 2.11 bits per heavy atom. The van der Waals surface area contributed by atoms with E-state index in [4.69, 9.17) is 23.8 Å². The number of aromatic nitrogens is 2. The Labute approximate surface area is 117 Å². The third-order valence-electron chi connectivity index (χ3n) is 2.98. The van der Waals surface area contributed by atoms with Crippen LogP contribution < -0.4 is 0 Å². The van der Waals surface area contributed by atoms with E-state index in [-0.39, 0.29) is 0 Å². The molecule has 0 saturated heterocycles. The standard InChI is InChI=1S/C13H18ClN3S/c1-16(2)8-3-4-9-17-12-10(14)6-5-7-11(12)15-13(17)18/h5-7H,3-4,8-9H2,1-2H3,(H,15,18). The molecule has 0 amide bonds. The van der Waals surface area contributed by atoms with Crippen molar-refractivity contribution < 1.29 is 0 Å². The number of nitrogens with one attached hydrogen (secondary N) is 1. The molecule has 0 radical (unpaired) electrons. The van der Waals surface area contributed by atoms with Crippen LogP contribution in [0.3, 0.4) is 0 Å². The van der Waals surface area contributed by atoms with Gasteiger partial charge in [0.05, 0.1) is 16.1 Å². The van der Waals surface area contributed by atoms with Gasteiger partial charge in [-0.2, -0.15) is 0 Å². The van der Waals surface area contributed by atoms with Gasteiger partial charge >= 0.3 is 0 Å². The lowest BCUT2D eigenvalue weighted by atomic mass is 10.2. The quantitative estimate of drug-likeness (QED) is 0.668. The van der Waals surface area contributed by atoms with Crippen molar-refractivity contribution in [1.82, 2.24) is 14.5 Å². The molecule has 0 aliphatic rings. The molecule has 2 aromatic rings. The summed E-state index contributed by atoms with van der Waals surface area (Å²) < 4.78 is 2.85. The van der Waals surface area contributed by atoms with Crippen molar-refractivity contribution in [2.45, 2.75) is 19.4 Å². The lowest BCUT2D eigenvalue weighted by Crippen LogP contribution is -2.13. The SMILES string of the molecule is CN(C)CCCCn1c(=S)[nH]c2cccc(Cl)c21. The monoisotopic (exact) mass is 283 g/mol. The maximum atomic E-state index is 6.24. The van der Waals surface area contributed by atoms with E-state index in [1.807, 2.05) is 18.2 Å². The maximum Gasteiger partial charge on any atom is 0.178 e. The third kappa shape index (κ3) is 2.94. The summed E-state index contributed by atoms with van der Waals surface area (Å²) in [5, 5.41) is 0.757. The summed E-state index contributed by atoms with van der Waals surface area (Å²) in [5.74, 6) is 0. The second-order valence-corrected chi connectivity index (χ2v) is 5.52. The summed E-state index contributed by atoms with van der Waals surface area (Å²) in [4.78, 5) is 5.40. The highest BCUT2D eigenvalue weighted by molar-refractivity contribution is 7.71. The van der Waals surface area contributed by atoms with Crippen molar-refractivity contribution >= 4 is 34.9 Å². The number of benzene rings is 1. The molecule has 5 heteroatoms. The number of para-hydroxylation sites is 1. The fourth-order valence-corrected chi connectivity index (χ4v) is 2.66. The van der Waals surface area contributed by atoms with Crippen LogP contribution in [0, 0.1) is 4.77 Å². The number of aromatic amines is 1. The molecule has 1 aromatic carbocycles. The summed E-state index contributed by atoms with van der Waals surface area (Å²) in [6.07, 6.45) is 2.26. The zero-order valence-corrected chi connectivity index (χ0v) is 12.3. The summed E-state index contributed by atoms with van der Waals surface area (Å²) in [6.45, 7) is 2.01. The molecule has 18 heavy (non-hydrogen) atoms. The number of hydrogen-bond donors (Lipinski definition) is 1. The van der Waals surface area contributed by atoms with Crippen LogP contribution in [-0.4, -0.2) is 35.1 Å². The van der Waals surface area contributed by atoms with Crippen molar-refractivity contribution in [2.24, 2.45) is 0 Å². The molecule has 1 N–H and O–H groups in total. The highest BCUT2D eigenvalue weighted by Gasteiger charge is 2.07. The molecule has 0 fully saturated rings. The maximum absolute atomic E-state index is 6.24. The van der Waals surface area contributed by atoms with Gasteiger partial charge in [-0.1, -0.05) is 17.7 Å². The van der Waals surface area contributed by atoms with E-state index < -0.39 is 0 Å². The highest BCUT2D eigenvalue weighted by atomic mass is 35.5. The van der Waals surface area contributed by atoms with E-state index in [1.54, 1.807) is 0 Å². The predicted octanol–water partition coefficient (Wildman–Crippen LogP) is 3.69. The number of H-pyrrole nitrogens is 1. The molecular weight excluding hydrogens is 266 g/mol. The van der Waals surface area contributed by atoms with E-state index >= 15 is 0 Å². The molecule has 0 atom stereocenters. The predicted molar refractivity (Wildman–Crippen MR) is 79.9 cm³/mol. The molecule has 0 bridgehead atoms. The number of rotatable bonds is 5. The van der Waals surface area contributed by atoms with Crippen LogP contribution >= 0.6 is 23.8 Å². The Balaban J connectivity index is 2.17. The second kappa shape index (κ2) is 5.87. The highest BCUT2D eigenvalue weighted by Crippen LogP contribution is 2.23. The minimum atomic E-state index is 0.753. The summed E-state index contributed by atoms with van der Waals surface area (Å²) in [5.41, 5.74) is 2.04. The lowest BCUT2D eigenvalue weighted by Gasteiger charge is -2.10. The molecular formula is C13H18ClN3S. The molecule has 0 aliphatic heterocycles. The molecule has 1 heterocycles. The Morgan fingerprint density at radius 1 is 1.33 bits per heavy atom. The van der Waals surface area contributed by atoms with Crippen LogP contribution in [0.2, 0.25) is 5.02 Å². The van der Waals surface area contributed by atoms with Gasteiger partial charge in [0.25, 0.3) is 0 Å². The Hall–Kier alpha value is -0.840. The number of aryl methyl sites for hydroxylation is 1. The van der Waals surface area contributed by atoms with E-state index in [0.717, 1.165) is 46.8 Å². The van der Waals surface area contributed by atoms with Crippen LogP contribution in [0.25, 0.3) is 11.0 Å². The fraction of sp³-hybridized carbons (Fsp3) is 0.462. The molecule has 98 valence electrons. The first-order valence-electron chi connectivity index (χ1n) is 6.11. The number of imidazole rings is 1. The van der Waals surface area contributed by atoms with Crippen LogP contribution in [0.5, 0.6) is 0 Å². The van der Waals surface area contributed by atoms with Crippen LogP contribution in [-0.2, 0) is 6.54 Å². The first kappa shape index (κ1) is 13.6. The van der Waals surface area contributed by atoms with Gasteiger partial charge in [0, 0.05) is 6.54 Å². The Morgan fingerprint density at radius 3 is 2.83 bits per heavy atom. The van der Waals surface area contributed by atoms with Crippen molar-refractivity contribution in [1.29, 1.82) is 0 Å². The van der Waals surface area contributed by atoms with Gasteiger partial charge in [-0.05, 0) is 57.8 Å². The molecule has 0 spiro atoms. The van der Waals surface area contributed by atoms with Gasteiger partial charge in [0.1, 0.15) is 0 Å². The largest absolute Gasteiger partial charge is 0.331 e. The van der Waals surface area contributed by atoms with Gasteiger partial charge < -0.3 is 14.5 Å². The first-order valence-corrected chi connectivity index (χ1v) is 6.90. The zero-order chi connectivity index (χ0) is 13.1. The summed E-state index contributed by atoms with van der Waals surface area (Å²) >= 11 is 11.6. The minimum absolute atomic E-state index is 0.753. The number of hydrogen-bond acceptors (Lipinski definition) is 2. The van der Waals surface area contributed by atoms with Gasteiger partial charge in [-0.15, -0.1) is 0 Å². The van der Waals surface area contributed by atoms with Gasteiger partial charge in [-0.3, -0.25) is 0 Å². The first-order chi connectivity index (χ1) is 8.59. The molecule has 0 aliphatic carbocycles. The average molecular weight is 284 g/mol. The smallest absolute Gasteiger partial charge is 0.178 e. The Bertz CT molecular complexity index is 585. The van der Waals surface area contributed by atoms with E-state index in [9.17, 15) is 0 Å². The summed E-state index contributed by atoms with van der Waals surface area (Å²) in [6, 6.07) is 5.85. The number of unbranched alkanes of at least 4 members (excludes halogenated alkanes) is 1. The lowest BCUT2D eigenvalue weighted by molar-refractivity contribution is 0.388. The molecule has 2 rings (SSSR count). The van der Waals surface area contributed by atoms with Crippen molar-refractivity contribution in [2.75, 3.05) is 20.6 Å². The third-order valence-corrected chi connectivity index (χ3v) is 3.61. The molecule has 0 saturated carbocycles. The summed E-state index contributed by atoms with van der Waals surface area (Å²) in [7, 11) is 4.18. The van der Waals surface area contributed by atoms with Crippen LogP contribution in [0.4, 0.5) is 0 Å². The number of fused-ring (bicyclic) bond motifs is 1. The Kier molecular flexibility index (Phi) is 4.43. The molecule has 1 aromatic heterocycles. The van der Waals surface area contributed by atoms with Crippen LogP contribution in [0.1, 0.15) is 12.8 Å².